The van der Waals surface area contributed by atoms with Gasteiger partial charge in [-0.1, -0.05) is 13.8 Å². The lowest BCUT2D eigenvalue weighted by Gasteiger charge is -2.31. The minimum Gasteiger partial charge on any atom is -0.369 e. The highest BCUT2D eigenvalue weighted by molar-refractivity contribution is 5.47. The van der Waals surface area contributed by atoms with E-state index < -0.39 is 0 Å². The summed E-state index contributed by atoms with van der Waals surface area (Å²) in [6.07, 6.45) is 8.58. The van der Waals surface area contributed by atoms with Gasteiger partial charge in [0.1, 0.15) is 12.1 Å². The molecule has 0 amide bonds. The molecule has 2 rings (SSSR count). The zero-order valence-electron chi connectivity index (χ0n) is 12.2. The number of fused-ring (bicyclic) bond motifs is 1. The Kier molecular flexibility index (Phi) is 4.75. The maximum Gasteiger partial charge on any atom is 0.132 e. The molecular weight excluding hydrogens is 236 g/mol. The predicted molar refractivity (Wildman–Crippen MR) is 79.2 cm³/mol. The van der Waals surface area contributed by atoms with Gasteiger partial charge in [0, 0.05) is 17.8 Å². The Labute approximate surface area is 116 Å². The average molecular weight is 262 g/mol. The molecule has 0 aromatic carbocycles. The van der Waals surface area contributed by atoms with E-state index in [-0.39, 0.29) is 5.41 Å². The van der Waals surface area contributed by atoms with Crippen LogP contribution in [-0.2, 0) is 12.8 Å². The number of hydrogen-bond donors (Lipinski definition) is 2. The number of aryl methyl sites for hydroxylation is 1. The number of nitrogens with two attached hydrogens (primary N) is 1. The van der Waals surface area contributed by atoms with Gasteiger partial charge in [0.05, 0.1) is 0 Å². The Bertz CT molecular complexity index is 404. The van der Waals surface area contributed by atoms with Crippen molar-refractivity contribution in [3.63, 3.8) is 0 Å². The van der Waals surface area contributed by atoms with Gasteiger partial charge < -0.3 is 11.1 Å². The highest BCUT2D eigenvalue weighted by Gasteiger charge is 2.25. The summed E-state index contributed by atoms with van der Waals surface area (Å²) >= 11 is 0. The molecule has 1 aliphatic carbocycles. The zero-order chi connectivity index (χ0) is 13.7. The van der Waals surface area contributed by atoms with E-state index in [1.807, 2.05) is 0 Å². The summed E-state index contributed by atoms with van der Waals surface area (Å²) in [5.41, 5.74) is 8.70. The maximum absolute atomic E-state index is 5.96. The normalized spacial score (nSPS) is 15.1. The van der Waals surface area contributed by atoms with Gasteiger partial charge in [-0.25, -0.2) is 9.97 Å². The molecule has 4 nitrogen and oxygen atoms in total. The van der Waals surface area contributed by atoms with Gasteiger partial charge in [0.25, 0.3) is 0 Å². The summed E-state index contributed by atoms with van der Waals surface area (Å²) in [5.74, 6) is 1.03. The van der Waals surface area contributed by atoms with E-state index in [1.165, 1.54) is 24.1 Å². The fourth-order valence-corrected chi connectivity index (χ4v) is 2.81. The smallest absolute Gasteiger partial charge is 0.132 e. The highest BCUT2D eigenvalue weighted by atomic mass is 15.0. The summed E-state index contributed by atoms with van der Waals surface area (Å²) in [5, 5.41) is 3.54. The Morgan fingerprint density at radius 1 is 1.21 bits per heavy atom. The second-order valence-electron chi connectivity index (χ2n) is 5.62. The van der Waals surface area contributed by atoms with Crippen LogP contribution in [0.5, 0.6) is 0 Å². The second kappa shape index (κ2) is 6.33. The first-order valence-corrected chi connectivity index (χ1v) is 7.51. The molecule has 106 valence electrons. The molecule has 4 heteroatoms. The van der Waals surface area contributed by atoms with Crippen molar-refractivity contribution < 1.29 is 0 Å². The number of aromatic nitrogens is 2. The molecule has 0 bridgehead atoms. The van der Waals surface area contributed by atoms with Gasteiger partial charge in [-0.2, -0.15) is 0 Å². The molecule has 0 unspecified atom stereocenters. The molecule has 0 atom stereocenters. The van der Waals surface area contributed by atoms with Crippen LogP contribution in [0.15, 0.2) is 6.33 Å². The van der Waals surface area contributed by atoms with Crippen molar-refractivity contribution in [2.45, 2.75) is 52.4 Å². The number of rotatable bonds is 6. The topological polar surface area (TPSA) is 63.8 Å². The fourth-order valence-electron chi connectivity index (χ4n) is 2.81. The van der Waals surface area contributed by atoms with Gasteiger partial charge in [-0.05, 0) is 50.5 Å². The van der Waals surface area contributed by atoms with Crippen LogP contribution in [0.25, 0.3) is 0 Å². The summed E-state index contributed by atoms with van der Waals surface area (Å²) < 4.78 is 0. The molecule has 0 saturated heterocycles. The van der Waals surface area contributed by atoms with Gasteiger partial charge in [0.15, 0.2) is 0 Å². The van der Waals surface area contributed by atoms with Crippen molar-refractivity contribution in [2.24, 2.45) is 11.1 Å². The first-order valence-electron chi connectivity index (χ1n) is 7.51. The van der Waals surface area contributed by atoms with Crippen LogP contribution >= 0.6 is 0 Å². The SMILES string of the molecule is CCC(CC)(CN)CNc1ncnc2c1CCCC2. The predicted octanol–water partition coefficient (Wildman–Crippen LogP) is 2.53. The number of anilines is 1. The number of hydrogen-bond acceptors (Lipinski definition) is 4. The molecular formula is C15H26N4. The summed E-state index contributed by atoms with van der Waals surface area (Å²) in [6.45, 7) is 6.06. The molecule has 0 fully saturated rings. The fraction of sp³-hybridized carbons (Fsp3) is 0.733. The number of nitrogens with zero attached hydrogens (tertiary/aromatic N) is 2. The van der Waals surface area contributed by atoms with Crippen molar-refractivity contribution in [1.82, 2.24) is 9.97 Å². The highest BCUT2D eigenvalue weighted by Crippen LogP contribution is 2.28. The summed E-state index contributed by atoms with van der Waals surface area (Å²) in [4.78, 5) is 8.84. The Morgan fingerprint density at radius 2 is 1.95 bits per heavy atom. The lowest BCUT2D eigenvalue weighted by molar-refractivity contribution is 0.294. The van der Waals surface area contributed by atoms with Crippen LogP contribution in [0, 0.1) is 5.41 Å². The van der Waals surface area contributed by atoms with E-state index >= 15 is 0 Å². The van der Waals surface area contributed by atoms with Crippen molar-refractivity contribution in [1.29, 1.82) is 0 Å². The van der Waals surface area contributed by atoms with Gasteiger partial charge in [-0.15, -0.1) is 0 Å². The maximum atomic E-state index is 5.96. The molecule has 1 aromatic rings. The van der Waals surface area contributed by atoms with Crippen molar-refractivity contribution >= 4 is 5.82 Å². The molecule has 0 aliphatic heterocycles. The Balaban J connectivity index is 2.11. The first-order chi connectivity index (χ1) is 9.24. The minimum absolute atomic E-state index is 0.187. The average Bonchev–Trinajstić information content (AvgIpc) is 2.49. The molecule has 1 aliphatic rings. The van der Waals surface area contributed by atoms with Crippen LogP contribution in [-0.4, -0.2) is 23.1 Å². The van der Waals surface area contributed by atoms with Crippen LogP contribution in [0.1, 0.15) is 50.8 Å². The molecule has 1 aromatic heterocycles. The molecule has 1 heterocycles. The quantitative estimate of drug-likeness (QED) is 0.827. The first kappa shape index (κ1) is 14.3. The van der Waals surface area contributed by atoms with E-state index in [0.717, 1.165) is 44.6 Å². The molecule has 0 saturated carbocycles. The van der Waals surface area contributed by atoms with E-state index in [1.54, 1.807) is 6.33 Å². The Hall–Kier alpha value is -1.16. The van der Waals surface area contributed by atoms with E-state index in [2.05, 4.69) is 29.1 Å². The van der Waals surface area contributed by atoms with E-state index in [4.69, 9.17) is 5.73 Å². The van der Waals surface area contributed by atoms with Gasteiger partial charge in [-0.3, -0.25) is 0 Å². The summed E-state index contributed by atoms with van der Waals surface area (Å²) in [7, 11) is 0. The van der Waals surface area contributed by atoms with Crippen LogP contribution in [0.3, 0.4) is 0 Å². The monoisotopic (exact) mass is 262 g/mol. The summed E-state index contributed by atoms with van der Waals surface area (Å²) in [6, 6.07) is 0. The lowest BCUT2D eigenvalue weighted by Crippen LogP contribution is -2.36. The molecule has 0 radical (unpaired) electrons. The minimum atomic E-state index is 0.187. The third kappa shape index (κ3) is 3.06. The lowest BCUT2D eigenvalue weighted by atomic mass is 9.82. The largest absolute Gasteiger partial charge is 0.369 e. The third-order valence-corrected chi connectivity index (χ3v) is 4.69. The van der Waals surface area contributed by atoms with Crippen LogP contribution in [0.4, 0.5) is 5.82 Å². The third-order valence-electron chi connectivity index (χ3n) is 4.69. The van der Waals surface area contributed by atoms with Crippen LogP contribution in [0.2, 0.25) is 0 Å². The van der Waals surface area contributed by atoms with E-state index in [9.17, 15) is 0 Å². The van der Waals surface area contributed by atoms with Crippen molar-refractivity contribution in [3.8, 4) is 0 Å². The zero-order valence-corrected chi connectivity index (χ0v) is 12.2. The second-order valence-corrected chi connectivity index (χ2v) is 5.62. The standard InChI is InChI=1S/C15H26N4/c1-3-15(4-2,9-16)10-17-14-12-7-5-6-8-13(12)18-11-19-14/h11H,3-10,16H2,1-2H3,(H,17,18,19). The molecule has 3 N–H and O–H groups in total. The van der Waals surface area contributed by atoms with Crippen molar-refractivity contribution in [3.05, 3.63) is 17.6 Å². The Morgan fingerprint density at radius 3 is 2.63 bits per heavy atom. The van der Waals surface area contributed by atoms with E-state index in [0.29, 0.717) is 0 Å². The van der Waals surface area contributed by atoms with Gasteiger partial charge in [0.2, 0.25) is 0 Å². The van der Waals surface area contributed by atoms with Crippen molar-refractivity contribution in [2.75, 3.05) is 18.4 Å². The molecule has 0 spiro atoms. The van der Waals surface area contributed by atoms with Crippen LogP contribution < -0.4 is 11.1 Å². The van der Waals surface area contributed by atoms with Gasteiger partial charge >= 0.3 is 0 Å². The number of nitrogens with one attached hydrogen (secondary N) is 1. The molecule has 19 heavy (non-hydrogen) atoms.